The number of rotatable bonds is 7. The zero-order chi connectivity index (χ0) is 25.1. The highest BCUT2D eigenvalue weighted by molar-refractivity contribution is 5.99. The Balaban J connectivity index is 1.50. The van der Waals surface area contributed by atoms with E-state index < -0.39 is 0 Å². The molecule has 5 aromatic rings. The van der Waals surface area contributed by atoms with E-state index in [-0.39, 0.29) is 11.6 Å². The molecule has 1 amide bonds. The number of carbonyl (C=O) groups excluding carboxylic acids is 1. The number of amides is 1. The van der Waals surface area contributed by atoms with E-state index in [2.05, 4.69) is 29.9 Å². The van der Waals surface area contributed by atoms with Crippen LogP contribution < -0.4 is 15.7 Å². The molecule has 0 bridgehead atoms. The number of aromatic nitrogens is 3. The van der Waals surface area contributed by atoms with Gasteiger partial charge in [0.2, 0.25) is 5.91 Å². The van der Waals surface area contributed by atoms with Crippen molar-refractivity contribution >= 4 is 22.6 Å². The van der Waals surface area contributed by atoms with Crippen molar-refractivity contribution in [1.82, 2.24) is 14.1 Å². The maximum Gasteiger partial charge on any atom is 0.338 e. The van der Waals surface area contributed by atoms with Crippen LogP contribution in [0.25, 0.3) is 22.4 Å². The number of imidazole rings is 1. The number of fused-ring (bicyclic) bond motifs is 1. The smallest absolute Gasteiger partial charge is 0.338 e. The summed E-state index contributed by atoms with van der Waals surface area (Å²) >= 11 is 0. The largest absolute Gasteiger partial charge is 0.489 e. The van der Waals surface area contributed by atoms with E-state index in [9.17, 15) is 9.59 Å². The van der Waals surface area contributed by atoms with Gasteiger partial charge in [0.1, 0.15) is 12.4 Å². The number of nitrogens with one attached hydrogen (secondary N) is 1. The molecule has 2 heterocycles. The van der Waals surface area contributed by atoms with Crippen molar-refractivity contribution in [3.05, 3.63) is 126 Å². The lowest BCUT2D eigenvalue weighted by molar-refractivity contribution is -0.111. The molecule has 0 unspecified atom stereocenters. The first kappa shape index (κ1) is 22.9. The maximum atomic E-state index is 13.7. The summed E-state index contributed by atoms with van der Waals surface area (Å²) in [5, 5.41) is 2.74. The minimum atomic E-state index is -0.323. The Morgan fingerprint density at radius 3 is 2.53 bits per heavy atom. The van der Waals surface area contributed by atoms with Crippen LogP contribution in [0, 0.1) is 6.92 Å². The molecule has 7 heteroatoms. The summed E-state index contributed by atoms with van der Waals surface area (Å²) in [6.45, 7) is 6.00. The number of nitrogens with zero attached hydrogens (tertiary/aromatic N) is 3. The fourth-order valence-corrected chi connectivity index (χ4v) is 4.09. The van der Waals surface area contributed by atoms with Crippen molar-refractivity contribution in [3.63, 3.8) is 0 Å². The Hall–Kier alpha value is -4.91. The van der Waals surface area contributed by atoms with Gasteiger partial charge in [-0.15, -0.1) is 0 Å². The van der Waals surface area contributed by atoms with Crippen molar-refractivity contribution in [2.75, 3.05) is 5.32 Å². The van der Waals surface area contributed by atoms with E-state index in [1.165, 1.54) is 11.6 Å². The Morgan fingerprint density at radius 1 is 0.972 bits per heavy atom. The summed E-state index contributed by atoms with van der Waals surface area (Å²) in [5.41, 5.74) is 5.28. The Bertz CT molecular complexity index is 1630. The van der Waals surface area contributed by atoms with Gasteiger partial charge in [-0.25, -0.2) is 4.79 Å². The lowest BCUT2D eigenvalue weighted by Gasteiger charge is -2.10. The van der Waals surface area contributed by atoms with Gasteiger partial charge < -0.3 is 10.1 Å². The fraction of sp³-hybridized carbons (Fsp3) is 0.0690. The number of carbonyl (C=O) groups is 1. The van der Waals surface area contributed by atoms with Crippen LogP contribution in [-0.2, 0) is 11.4 Å². The van der Waals surface area contributed by atoms with Gasteiger partial charge in [-0.2, -0.15) is 0 Å². The van der Waals surface area contributed by atoms with Crippen LogP contribution in [0.3, 0.4) is 0 Å². The normalized spacial score (nSPS) is 10.8. The molecule has 0 saturated carbocycles. The van der Waals surface area contributed by atoms with Gasteiger partial charge in [0.15, 0.2) is 0 Å². The number of benzene rings is 3. The molecule has 0 atom stereocenters. The molecule has 0 spiro atoms. The standard InChI is InChI=1S/C29H24N4O3/c1-3-28(34)31-22-9-6-10-24(17-22)33-26-15-16-30-18-27(26)32(29(33)35)23-11-13-25(14-12-23)36-19-21-8-5-4-7-20(21)2/h3-18H,1,19H2,2H3,(H,31,34). The second-order valence-corrected chi connectivity index (χ2v) is 8.27. The molecule has 0 aliphatic heterocycles. The van der Waals surface area contributed by atoms with Gasteiger partial charge in [-0.1, -0.05) is 36.9 Å². The molecule has 0 saturated heterocycles. The summed E-state index contributed by atoms with van der Waals surface area (Å²) in [6, 6.07) is 24.4. The second-order valence-electron chi connectivity index (χ2n) is 8.27. The van der Waals surface area contributed by atoms with Crippen LogP contribution in [0.2, 0.25) is 0 Å². The number of anilines is 1. The average molecular weight is 477 g/mol. The number of ether oxygens (including phenoxy) is 1. The second kappa shape index (κ2) is 9.76. The minimum absolute atomic E-state index is 0.251. The van der Waals surface area contributed by atoms with Crippen molar-refractivity contribution in [3.8, 4) is 17.1 Å². The molecule has 0 aliphatic rings. The van der Waals surface area contributed by atoms with Crippen LogP contribution in [0.4, 0.5) is 5.69 Å². The lowest BCUT2D eigenvalue weighted by atomic mass is 10.1. The Kier molecular flexibility index (Phi) is 6.19. The van der Waals surface area contributed by atoms with Crippen LogP contribution in [0.1, 0.15) is 11.1 Å². The molecule has 178 valence electrons. The van der Waals surface area contributed by atoms with Crippen LogP contribution >= 0.6 is 0 Å². The molecule has 0 aliphatic carbocycles. The van der Waals surface area contributed by atoms with E-state index >= 15 is 0 Å². The molecule has 2 aromatic heterocycles. The Labute approximate surface area is 207 Å². The van der Waals surface area contributed by atoms with Gasteiger partial charge in [-0.05, 0) is 72.7 Å². The number of hydrogen-bond donors (Lipinski definition) is 1. The highest BCUT2D eigenvalue weighted by atomic mass is 16.5. The molecule has 1 N–H and O–H groups in total. The third-order valence-electron chi connectivity index (χ3n) is 5.95. The van der Waals surface area contributed by atoms with Crippen LogP contribution in [-0.4, -0.2) is 20.0 Å². The molecule has 3 aromatic carbocycles. The highest BCUT2D eigenvalue weighted by Gasteiger charge is 2.16. The predicted octanol–water partition coefficient (Wildman–Crippen LogP) is 5.19. The summed E-state index contributed by atoms with van der Waals surface area (Å²) in [5.74, 6) is 0.387. The zero-order valence-electron chi connectivity index (χ0n) is 19.7. The number of pyridine rings is 1. The van der Waals surface area contributed by atoms with Gasteiger partial charge in [0.25, 0.3) is 0 Å². The first-order chi connectivity index (χ1) is 17.5. The zero-order valence-corrected chi connectivity index (χ0v) is 19.7. The van der Waals surface area contributed by atoms with Crippen LogP contribution in [0.15, 0.2) is 109 Å². The molecule has 0 fully saturated rings. The van der Waals surface area contributed by atoms with E-state index in [0.29, 0.717) is 40.5 Å². The first-order valence-corrected chi connectivity index (χ1v) is 11.4. The average Bonchev–Trinajstić information content (AvgIpc) is 3.20. The van der Waals surface area contributed by atoms with Crippen molar-refractivity contribution < 1.29 is 9.53 Å². The monoisotopic (exact) mass is 476 g/mol. The predicted molar refractivity (Wildman–Crippen MR) is 141 cm³/mol. The number of aryl methyl sites for hydroxylation is 1. The molecule has 36 heavy (non-hydrogen) atoms. The van der Waals surface area contributed by atoms with Crippen molar-refractivity contribution in [1.29, 1.82) is 0 Å². The van der Waals surface area contributed by atoms with Gasteiger partial charge in [0.05, 0.1) is 28.6 Å². The summed E-state index contributed by atoms with van der Waals surface area (Å²) < 4.78 is 9.18. The summed E-state index contributed by atoms with van der Waals surface area (Å²) in [4.78, 5) is 29.7. The summed E-state index contributed by atoms with van der Waals surface area (Å²) in [7, 11) is 0. The molecule has 0 radical (unpaired) electrons. The molecule has 7 nitrogen and oxygen atoms in total. The topological polar surface area (TPSA) is 78.2 Å². The van der Waals surface area contributed by atoms with Crippen molar-refractivity contribution in [2.45, 2.75) is 13.5 Å². The molecule has 5 rings (SSSR count). The SMILES string of the molecule is C=CC(=O)Nc1cccc(-n2c(=O)n(-c3ccc(OCc4ccccc4C)cc3)c3cnccc32)c1. The third kappa shape index (κ3) is 4.42. The summed E-state index contributed by atoms with van der Waals surface area (Å²) in [6.07, 6.45) is 4.51. The van der Waals surface area contributed by atoms with Gasteiger partial charge in [0, 0.05) is 11.9 Å². The molecular formula is C29H24N4O3. The van der Waals surface area contributed by atoms with E-state index in [1.807, 2.05) is 48.5 Å². The van der Waals surface area contributed by atoms with E-state index in [1.54, 1.807) is 45.8 Å². The van der Waals surface area contributed by atoms with Crippen LogP contribution in [0.5, 0.6) is 5.75 Å². The fourth-order valence-electron chi connectivity index (χ4n) is 4.09. The third-order valence-corrected chi connectivity index (χ3v) is 5.95. The number of hydrogen-bond acceptors (Lipinski definition) is 4. The quantitative estimate of drug-likeness (QED) is 0.328. The lowest BCUT2D eigenvalue weighted by Crippen LogP contribution is -2.22. The van der Waals surface area contributed by atoms with Gasteiger partial charge >= 0.3 is 5.69 Å². The van der Waals surface area contributed by atoms with Crippen molar-refractivity contribution in [2.24, 2.45) is 0 Å². The Morgan fingerprint density at radius 2 is 1.75 bits per heavy atom. The first-order valence-electron chi connectivity index (χ1n) is 11.4. The van der Waals surface area contributed by atoms with Gasteiger partial charge in [-0.3, -0.25) is 18.9 Å². The molecular weight excluding hydrogens is 452 g/mol. The van der Waals surface area contributed by atoms with E-state index in [0.717, 1.165) is 5.56 Å². The minimum Gasteiger partial charge on any atom is -0.489 e. The van der Waals surface area contributed by atoms with E-state index in [4.69, 9.17) is 4.74 Å². The highest BCUT2D eigenvalue weighted by Crippen LogP contribution is 2.24. The maximum absolute atomic E-state index is 13.7.